The largest absolute Gasteiger partial charge is 0.296 e. The highest BCUT2D eigenvalue weighted by atomic mass is 35.5. The van der Waals surface area contributed by atoms with Gasteiger partial charge in [0.1, 0.15) is 0 Å². The molecule has 23 heavy (non-hydrogen) atoms. The van der Waals surface area contributed by atoms with E-state index in [4.69, 9.17) is 23.2 Å². The predicted octanol–water partition coefficient (Wildman–Crippen LogP) is 5.37. The molecule has 2 aliphatic heterocycles. The van der Waals surface area contributed by atoms with Gasteiger partial charge in [0.2, 0.25) is 0 Å². The molecule has 1 fully saturated rings. The van der Waals surface area contributed by atoms with Crippen LogP contribution in [0.25, 0.3) is 0 Å². The lowest BCUT2D eigenvalue weighted by Gasteiger charge is -2.42. The number of piperidine rings is 1. The molecule has 0 aromatic heterocycles. The fourth-order valence-corrected chi connectivity index (χ4v) is 4.80. The fraction of sp³-hybridized carbons (Fsp3) is 0.400. The summed E-state index contributed by atoms with van der Waals surface area (Å²) in [6.45, 7) is 2.13. The number of hydrogen-bond acceptors (Lipinski definition) is 1. The minimum absolute atomic E-state index is 0.630. The Balaban J connectivity index is 1.59. The zero-order chi connectivity index (χ0) is 15.8. The van der Waals surface area contributed by atoms with E-state index in [0.29, 0.717) is 6.04 Å². The third-order valence-corrected chi connectivity index (χ3v) is 5.74. The van der Waals surface area contributed by atoms with Crippen molar-refractivity contribution < 1.29 is 0 Å². The molecule has 5 rings (SSSR count). The van der Waals surface area contributed by atoms with Crippen molar-refractivity contribution in [2.45, 2.75) is 38.3 Å². The van der Waals surface area contributed by atoms with Crippen LogP contribution in [0.3, 0.4) is 0 Å². The molecule has 0 N–H and O–H groups in total. The van der Waals surface area contributed by atoms with Crippen LogP contribution in [0.2, 0.25) is 10.0 Å². The molecular formula is C20H21Cl2N. The van der Waals surface area contributed by atoms with Crippen LogP contribution in [-0.2, 0) is 19.4 Å². The lowest BCUT2D eigenvalue weighted by Crippen LogP contribution is -2.46. The van der Waals surface area contributed by atoms with Gasteiger partial charge in [-0.05, 0) is 66.5 Å². The lowest BCUT2D eigenvalue weighted by molar-refractivity contribution is 0.0938. The SMILES string of the molecule is Clc1cc(Cl)cc(CN2C[C@H]3CC[C@@H]2Cc2ccccc2C3)c1. The normalized spacial score (nSPS) is 24.1. The molecule has 0 saturated carbocycles. The molecule has 3 heteroatoms. The highest BCUT2D eigenvalue weighted by Gasteiger charge is 2.31. The monoisotopic (exact) mass is 345 g/mol. The van der Waals surface area contributed by atoms with Crippen molar-refractivity contribution in [1.29, 1.82) is 0 Å². The molecule has 0 unspecified atom stereocenters. The van der Waals surface area contributed by atoms with Crippen molar-refractivity contribution in [1.82, 2.24) is 4.90 Å². The predicted molar refractivity (Wildman–Crippen MR) is 97.2 cm³/mol. The first-order chi connectivity index (χ1) is 11.2. The molecule has 2 atom stereocenters. The van der Waals surface area contributed by atoms with Crippen LogP contribution < -0.4 is 0 Å². The van der Waals surface area contributed by atoms with E-state index in [9.17, 15) is 0 Å². The van der Waals surface area contributed by atoms with Crippen LogP contribution in [0.15, 0.2) is 42.5 Å². The summed E-state index contributed by atoms with van der Waals surface area (Å²) in [5.74, 6) is 0.766. The third-order valence-electron chi connectivity index (χ3n) is 5.31. The Bertz CT molecular complexity index is 692. The number of fused-ring (bicyclic) bond motifs is 2. The van der Waals surface area contributed by atoms with E-state index < -0.39 is 0 Å². The van der Waals surface area contributed by atoms with Gasteiger partial charge in [-0.2, -0.15) is 0 Å². The molecule has 0 spiro atoms. The van der Waals surface area contributed by atoms with Gasteiger partial charge < -0.3 is 0 Å². The van der Waals surface area contributed by atoms with Crippen LogP contribution in [0.1, 0.15) is 29.5 Å². The number of rotatable bonds is 2. The molecule has 0 radical (unpaired) electrons. The van der Waals surface area contributed by atoms with Gasteiger partial charge in [0, 0.05) is 29.2 Å². The molecule has 1 aliphatic carbocycles. The van der Waals surface area contributed by atoms with Crippen molar-refractivity contribution in [3.8, 4) is 0 Å². The summed E-state index contributed by atoms with van der Waals surface area (Å²) >= 11 is 12.3. The van der Waals surface area contributed by atoms with Crippen molar-refractivity contribution >= 4 is 23.2 Å². The summed E-state index contributed by atoms with van der Waals surface area (Å²) in [5.41, 5.74) is 4.32. The molecular weight excluding hydrogens is 325 g/mol. The Kier molecular flexibility index (Phi) is 4.36. The first-order valence-electron chi connectivity index (χ1n) is 8.43. The average molecular weight is 346 g/mol. The number of nitrogens with zero attached hydrogens (tertiary/aromatic N) is 1. The van der Waals surface area contributed by atoms with Gasteiger partial charge >= 0.3 is 0 Å². The highest BCUT2D eigenvalue weighted by Crippen LogP contribution is 2.33. The Morgan fingerprint density at radius 3 is 2.35 bits per heavy atom. The zero-order valence-corrected chi connectivity index (χ0v) is 14.7. The van der Waals surface area contributed by atoms with Gasteiger partial charge in [0.15, 0.2) is 0 Å². The molecule has 0 amide bonds. The maximum Gasteiger partial charge on any atom is 0.0424 e. The van der Waals surface area contributed by atoms with E-state index in [1.54, 1.807) is 5.56 Å². The van der Waals surface area contributed by atoms with E-state index in [2.05, 4.69) is 29.2 Å². The molecule has 2 bridgehead atoms. The second kappa shape index (κ2) is 6.47. The summed E-state index contributed by atoms with van der Waals surface area (Å²) < 4.78 is 0. The van der Waals surface area contributed by atoms with E-state index >= 15 is 0 Å². The van der Waals surface area contributed by atoms with E-state index in [0.717, 1.165) is 28.9 Å². The number of halogens is 2. The zero-order valence-electron chi connectivity index (χ0n) is 13.1. The highest BCUT2D eigenvalue weighted by molar-refractivity contribution is 6.34. The Labute approximate surface area is 148 Å². The Morgan fingerprint density at radius 2 is 1.61 bits per heavy atom. The summed E-state index contributed by atoms with van der Waals surface area (Å²) in [6.07, 6.45) is 5.03. The summed E-state index contributed by atoms with van der Waals surface area (Å²) in [7, 11) is 0. The molecule has 3 aliphatic rings. The van der Waals surface area contributed by atoms with Crippen LogP contribution in [-0.4, -0.2) is 17.5 Å². The van der Waals surface area contributed by atoms with Crippen LogP contribution >= 0.6 is 23.2 Å². The minimum Gasteiger partial charge on any atom is -0.296 e. The Hall–Kier alpha value is -1.02. The first-order valence-corrected chi connectivity index (χ1v) is 9.19. The molecule has 1 nitrogen and oxygen atoms in total. The van der Waals surface area contributed by atoms with Gasteiger partial charge in [-0.1, -0.05) is 47.5 Å². The summed E-state index contributed by atoms with van der Waals surface area (Å²) in [5, 5.41) is 1.46. The lowest BCUT2D eigenvalue weighted by atomic mass is 9.80. The third kappa shape index (κ3) is 3.42. The van der Waals surface area contributed by atoms with Crippen LogP contribution in [0.4, 0.5) is 0 Å². The van der Waals surface area contributed by atoms with Crippen molar-refractivity contribution in [3.63, 3.8) is 0 Å². The molecule has 120 valence electrons. The first kappa shape index (κ1) is 15.5. The van der Waals surface area contributed by atoms with Crippen LogP contribution in [0.5, 0.6) is 0 Å². The quantitative estimate of drug-likeness (QED) is 0.706. The van der Waals surface area contributed by atoms with Gasteiger partial charge in [0.25, 0.3) is 0 Å². The van der Waals surface area contributed by atoms with Gasteiger partial charge in [0.05, 0.1) is 0 Å². The van der Waals surface area contributed by atoms with Crippen molar-refractivity contribution in [3.05, 3.63) is 69.2 Å². The maximum atomic E-state index is 6.17. The van der Waals surface area contributed by atoms with E-state index in [1.165, 1.54) is 36.9 Å². The molecule has 2 aromatic rings. The average Bonchev–Trinajstić information content (AvgIpc) is 2.47. The molecule has 1 saturated heterocycles. The smallest absolute Gasteiger partial charge is 0.0424 e. The second-order valence-corrected chi connectivity index (χ2v) is 7.85. The molecule has 2 heterocycles. The summed E-state index contributed by atoms with van der Waals surface area (Å²) in [6, 6.07) is 15.5. The van der Waals surface area contributed by atoms with Gasteiger partial charge in [-0.15, -0.1) is 0 Å². The topological polar surface area (TPSA) is 3.24 Å². The van der Waals surface area contributed by atoms with Gasteiger partial charge in [-0.25, -0.2) is 0 Å². The van der Waals surface area contributed by atoms with Crippen molar-refractivity contribution in [2.75, 3.05) is 6.54 Å². The number of benzene rings is 2. The maximum absolute atomic E-state index is 6.17. The van der Waals surface area contributed by atoms with E-state index in [-0.39, 0.29) is 0 Å². The minimum atomic E-state index is 0.630. The van der Waals surface area contributed by atoms with Crippen molar-refractivity contribution in [2.24, 2.45) is 5.92 Å². The second-order valence-electron chi connectivity index (χ2n) is 6.98. The Morgan fingerprint density at radius 1 is 0.913 bits per heavy atom. The standard InChI is InChI=1S/C20H21Cl2N/c21-18-8-15(9-19(22)11-18)13-23-12-14-5-6-20(23)10-17-4-2-1-3-16(17)7-14/h1-4,8-9,11,14,20H,5-7,10,12-13H2/t14-,20+/m0/s1. The van der Waals surface area contributed by atoms with Crippen LogP contribution in [0, 0.1) is 5.92 Å². The van der Waals surface area contributed by atoms with Gasteiger partial charge in [-0.3, -0.25) is 4.90 Å². The number of hydrogen-bond donors (Lipinski definition) is 0. The fourth-order valence-electron chi connectivity index (χ4n) is 4.23. The van der Waals surface area contributed by atoms with E-state index in [1.807, 2.05) is 18.2 Å². The summed E-state index contributed by atoms with van der Waals surface area (Å²) in [4.78, 5) is 2.64. The molecule has 2 aromatic carbocycles.